The maximum atomic E-state index is 12.4. The molecule has 2 aromatic heterocycles. The Bertz CT molecular complexity index is 1030. The van der Waals surface area contributed by atoms with Crippen molar-refractivity contribution in [3.8, 4) is 0 Å². The zero-order valence-corrected chi connectivity index (χ0v) is 18.0. The van der Waals surface area contributed by atoms with Crippen molar-refractivity contribution in [1.82, 2.24) is 9.97 Å². The van der Waals surface area contributed by atoms with Crippen LogP contribution >= 0.6 is 34.7 Å². The molecule has 0 radical (unpaired) electrons. The number of aromatic nitrogens is 2. The Morgan fingerprint density at radius 1 is 1.36 bits per heavy atom. The highest BCUT2D eigenvalue weighted by Crippen LogP contribution is 2.39. The number of carbonyl (C=O) groups is 1. The third kappa shape index (κ3) is 3.89. The average Bonchev–Trinajstić information content (AvgIpc) is 3.04. The van der Waals surface area contributed by atoms with Gasteiger partial charge in [0.15, 0.2) is 10.9 Å². The number of nitrogens with two attached hydrogens (primary N) is 1. The highest BCUT2D eigenvalue weighted by molar-refractivity contribution is 7.99. The first-order valence-corrected chi connectivity index (χ1v) is 11.2. The van der Waals surface area contributed by atoms with Crippen LogP contribution in [0.3, 0.4) is 0 Å². The summed E-state index contributed by atoms with van der Waals surface area (Å²) in [6.07, 6.45) is 1.03. The van der Waals surface area contributed by atoms with Crippen LogP contribution in [-0.2, 0) is 17.8 Å². The summed E-state index contributed by atoms with van der Waals surface area (Å²) >= 11 is 8.78. The number of nitrogen functional groups attached to an aromatic ring is 1. The lowest BCUT2D eigenvalue weighted by atomic mass is 9.96. The topological polar surface area (TPSA) is 78.1 Å². The predicted molar refractivity (Wildman–Crippen MR) is 115 cm³/mol. The Morgan fingerprint density at radius 2 is 2.11 bits per heavy atom. The van der Waals surface area contributed by atoms with E-state index in [0.717, 1.165) is 16.6 Å². The van der Waals surface area contributed by atoms with Gasteiger partial charge in [0.25, 0.3) is 0 Å². The van der Waals surface area contributed by atoms with Crippen molar-refractivity contribution in [2.24, 2.45) is 5.92 Å². The Morgan fingerprint density at radius 3 is 2.82 bits per heavy atom. The first kappa shape index (κ1) is 19.6. The minimum absolute atomic E-state index is 0.00239. The monoisotopic (exact) mass is 433 g/mol. The fraction of sp³-hybridized carbons (Fsp3) is 0.350. The Labute approximate surface area is 176 Å². The van der Waals surface area contributed by atoms with Gasteiger partial charge in [-0.25, -0.2) is 9.97 Å². The largest absolute Gasteiger partial charge is 0.383 e. The van der Waals surface area contributed by atoms with Gasteiger partial charge in [-0.3, -0.25) is 4.79 Å². The molecule has 0 amide bonds. The van der Waals surface area contributed by atoms with E-state index in [1.807, 2.05) is 0 Å². The highest BCUT2D eigenvalue weighted by Gasteiger charge is 2.27. The number of benzene rings is 1. The summed E-state index contributed by atoms with van der Waals surface area (Å²) in [5, 5.41) is 2.07. The Kier molecular flexibility index (Phi) is 5.60. The van der Waals surface area contributed by atoms with Gasteiger partial charge in [0.1, 0.15) is 10.6 Å². The fourth-order valence-electron chi connectivity index (χ4n) is 3.23. The molecule has 5 nitrogen and oxygen atoms in total. The molecule has 4 rings (SSSR count). The van der Waals surface area contributed by atoms with E-state index < -0.39 is 0 Å². The summed E-state index contributed by atoms with van der Waals surface area (Å²) in [7, 11) is 0. The molecule has 3 heterocycles. The standard InChI is InChI=1S/C20H20ClN3O2S2/c1-10(2)15-7-13-16(8-26-15)28-19-17(13)18(22)23-20(24-19)27-9-14(25)11-3-5-12(21)6-4-11/h3-6,10,15H,7-9H2,1-2H3,(H2,22,23,24). The molecule has 1 aliphatic heterocycles. The van der Waals surface area contributed by atoms with Crippen molar-refractivity contribution in [3.05, 3.63) is 45.3 Å². The van der Waals surface area contributed by atoms with Crippen LogP contribution in [-0.4, -0.2) is 27.6 Å². The van der Waals surface area contributed by atoms with Gasteiger partial charge in [-0.1, -0.05) is 37.2 Å². The molecular weight excluding hydrogens is 414 g/mol. The van der Waals surface area contributed by atoms with Crippen LogP contribution in [0.5, 0.6) is 0 Å². The van der Waals surface area contributed by atoms with Crippen LogP contribution < -0.4 is 5.73 Å². The summed E-state index contributed by atoms with van der Waals surface area (Å²) in [4.78, 5) is 23.5. The number of ketones is 1. The van der Waals surface area contributed by atoms with Crippen LogP contribution in [0.25, 0.3) is 10.2 Å². The van der Waals surface area contributed by atoms with Gasteiger partial charge in [-0.2, -0.15) is 0 Å². The number of nitrogens with zero attached hydrogens (tertiary/aromatic N) is 2. The van der Waals surface area contributed by atoms with Crippen LogP contribution in [0.15, 0.2) is 29.4 Å². The molecule has 0 bridgehead atoms. The number of thiophene rings is 1. The predicted octanol–water partition coefficient (Wildman–Crippen LogP) is 5.00. The molecule has 1 aliphatic rings. The van der Waals surface area contributed by atoms with Crippen molar-refractivity contribution >= 4 is 56.5 Å². The fourth-order valence-corrected chi connectivity index (χ4v) is 5.29. The SMILES string of the molecule is CC(C)C1Cc2c(sc3nc(SCC(=O)c4ccc(Cl)cc4)nc(N)c23)CO1. The summed E-state index contributed by atoms with van der Waals surface area (Å²) in [6, 6.07) is 6.87. The number of halogens is 1. The smallest absolute Gasteiger partial charge is 0.191 e. The number of fused-ring (bicyclic) bond motifs is 3. The van der Waals surface area contributed by atoms with E-state index in [4.69, 9.17) is 22.1 Å². The minimum Gasteiger partial charge on any atom is -0.383 e. The molecule has 0 spiro atoms. The van der Waals surface area contributed by atoms with E-state index >= 15 is 0 Å². The molecule has 28 heavy (non-hydrogen) atoms. The third-order valence-corrected chi connectivity index (χ3v) is 7.02. The highest BCUT2D eigenvalue weighted by atomic mass is 35.5. The van der Waals surface area contributed by atoms with E-state index in [-0.39, 0.29) is 17.6 Å². The normalized spacial score (nSPS) is 16.5. The summed E-state index contributed by atoms with van der Waals surface area (Å²) in [5.41, 5.74) is 8.12. The quantitative estimate of drug-likeness (QED) is 0.346. The van der Waals surface area contributed by atoms with Crippen molar-refractivity contribution in [2.75, 3.05) is 11.5 Å². The van der Waals surface area contributed by atoms with E-state index in [1.165, 1.54) is 22.2 Å². The lowest BCUT2D eigenvalue weighted by Crippen LogP contribution is -2.26. The van der Waals surface area contributed by atoms with Crippen LogP contribution in [0, 0.1) is 5.92 Å². The number of carbonyl (C=O) groups excluding carboxylic acids is 1. The average molecular weight is 434 g/mol. The number of rotatable bonds is 5. The van der Waals surface area contributed by atoms with Crippen molar-refractivity contribution < 1.29 is 9.53 Å². The molecule has 0 saturated heterocycles. The number of Topliss-reactive ketones (excluding diaryl/α,β-unsaturated/α-hetero) is 1. The van der Waals surface area contributed by atoms with E-state index in [9.17, 15) is 4.79 Å². The van der Waals surface area contributed by atoms with Gasteiger partial charge in [0, 0.05) is 21.9 Å². The van der Waals surface area contributed by atoms with Crippen LogP contribution in [0.1, 0.15) is 34.6 Å². The number of thioether (sulfide) groups is 1. The molecule has 8 heteroatoms. The Balaban J connectivity index is 1.55. The zero-order valence-electron chi connectivity index (χ0n) is 15.6. The molecule has 1 atom stereocenters. The van der Waals surface area contributed by atoms with Crippen LogP contribution in [0.2, 0.25) is 5.02 Å². The minimum atomic E-state index is 0.00239. The maximum absolute atomic E-state index is 12.4. The molecule has 3 aromatic rings. The molecule has 0 aliphatic carbocycles. The molecule has 0 fully saturated rings. The van der Waals surface area contributed by atoms with Gasteiger partial charge in [0.2, 0.25) is 0 Å². The first-order chi connectivity index (χ1) is 13.4. The van der Waals surface area contributed by atoms with Crippen LogP contribution in [0.4, 0.5) is 5.82 Å². The summed E-state index contributed by atoms with van der Waals surface area (Å²) in [5.74, 6) is 1.17. The van der Waals surface area contributed by atoms with Gasteiger partial charge in [-0.15, -0.1) is 11.3 Å². The number of anilines is 1. The number of hydrogen-bond donors (Lipinski definition) is 1. The second-order valence-electron chi connectivity index (χ2n) is 7.09. The molecule has 1 aromatic carbocycles. The van der Waals surface area contributed by atoms with Crippen molar-refractivity contribution in [2.45, 2.75) is 38.1 Å². The van der Waals surface area contributed by atoms with Gasteiger partial charge in [0.05, 0.1) is 23.8 Å². The first-order valence-electron chi connectivity index (χ1n) is 9.03. The van der Waals surface area contributed by atoms with Gasteiger partial charge < -0.3 is 10.5 Å². The summed E-state index contributed by atoms with van der Waals surface area (Å²) in [6.45, 7) is 4.92. The van der Waals surface area contributed by atoms with E-state index in [2.05, 4.69) is 23.8 Å². The molecule has 2 N–H and O–H groups in total. The number of ether oxygens (including phenoxy) is 1. The lowest BCUT2D eigenvalue weighted by molar-refractivity contribution is 0.00203. The molecular formula is C20H20ClN3O2S2. The van der Waals surface area contributed by atoms with Gasteiger partial charge >= 0.3 is 0 Å². The maximum Gasteiger partial charge on any atom is 0.191 e. The summed E-state index contributed by atoms with van der Waals surface area (Å²) < 4.78 is 5.96. The van der Waals surface area contributed by atoms with E-state index in [1.54, 1.807) is 35.6 Å². The van der Waals surface area contributed by atoms with Crippen molar-refractivity contribution in [1.29, 1.82) is 0 Å². The molecule has 146 valence electrons. The molecule has 0 saturated carbocycles. The second kappa shape index (κ2) is 7.99. The van der Waals surface area contributed by atoms with Gasteiger partial charge in [-0.05, 0) is 35.7 Å². The lowest BCUT2D eigenvalue weighted by Gasteiger charge is -2.26. The molecule has 1 unspecified atom stereocenters. The number of hydrogen-bond acceptors (Lipinski definition) is 7. The Hall–Kier alpha value is -1.67. The van der Waals surface area contributed by atoms with Crippen molar-refractivity contribution in [3.63, 3.8) is 0 Å². The third-order valence-electron chi connectivity index (χ3n) is 4.82. The zero-order chi connectivity index (χ0) is 19.8. The second-order valence-corrected chi connectivity index (χ2v) is 9.55. The van der Waals surface area contributed by atoms with E-state index in [0.29, 0.717) is 34.1 Å².